The first-order valence-corrected chi connectivity index (χ1v) is 7.81. The Labute approximate surface area is 126 Å². The van der Waals surface area contributed by atoms with Crippen molar-refractivity contribution in [2.24, 2.45) is 16.6 Å². The van der Waals surface area contributed by atoms with Crippen molar-refractivity contribution < 1.29 is 0 Å². The van der Waals surface area contributed by atoms with Gasteiger partial charge in [0.05, 0.1) is 0 Å². The van der Waals surface area contributed by atoms with E-state index < -0.39 is 0 Å². The summed E-state index contributed by atoms with van der Waals surface area (Å²) in [5, 5.41) is 0. The van der Waals surface area contributed by atoms with Gasteiger partial charge in [-0.3, -0.25) is 0 Å². The number of hydrogen-bond acceptors (Lipinski definition) is 1. The maximum absolute atomic E-state index is 6.54. The zero-order valence-electron chi connectivity index (χ0n) is 15.0. The zero-order valence-corrected chi connectivity index (χ0v) is 15.0. The lowest BCUT2D eigenvalue weighted by Gasteiger charge is -2.31. The van der Waals surface area contributed by atoms with Crippen molar-refractivity contribution in [3.63, 3.8) is 0 Å². The summed E-state index contributed by atoms with van der Waals surface area (Å²) in [7, 11) is 0. The number of allylic oxidation sites excluding steroid dienone is 5. The number of hydrogen-bond donors (Lipinski definition) is 1. The van der Waals surface area contributed by atoms with Crippen LogP contribution < -0.4 is 5.73 Å². The highest BCUT2D eigenvalue weighted by molar-refractivity contribution is 5.51. The first-order valence-electron chi connectivity index (χ1n) is 7.81. The van der Waals surface area contributed by atoms with Gasteiger partial charge in [-0.1, -0.05) is 54.0 Å². The molecular weight excluding hydrogens is 242 g/mol. The lowest BCUT2D eigenvalue weighted by molar-refractivity contribution is 0.445. The molecule has 114 valence electrons. The van der Waals surface area contributed by atoms with Gasteiger partial charge in [-0.25, -0.2) is 0 Å². The van der Waals surface area contributed by atoms with E-state index in [4.69, 9.17) is 5.73 Å². The van der Waals surface area contributed by atoms with Crippen LogP contribution in [0.25, 0.3) is 0 Å². The molecule has 1 nitrogen and oxygen atoms in total. The van der Waals surface area contributed by atoms with Gasteiger partial charge in [-0.15, -0.1) is 0 Å². The Kier molecular flexibility index (Phi) is 4.63. The largest absolute Gasteiger partial charge is 0.399 e. The van der Waals surface area contributed by atoms with E-state index in [1.54, 1.807) is 5.57 Å². The van der Waals surface area contributed by atoms with Crippen LogP contribution in [0.5, 0.6) is 0 Å². The molecule has 0 atom stereocenters. The van der Waals surface area contributed by atoms with Crippen LogP contribution in [-0.4, -0.2) is 0 Å². The maximum atomic E-state index is 6.54. The quantitative estimate of drug-likeness (QED) is 0.649. The summed E-state index contributed by atoms with van der Waals surface area (Å²) < 4.78 is 0. The van der Waals surface area contributed by atoms with Crippen LogP contribution in [0.4, 0.5) is 0 Å². The second-order valence-electron chi connectivity index (χ2n) is 8.13. The Morgan fingerprint density at radius 1 is 0.850 bits per heavy atom. The summed E-state index contributed by atoms with van der Waals surface area (Å²) in [5.41, 5.74) is 15.0. The van der Waals surface area contributed by atoms with Crippen molar-refractivity contribution in [1.82, 2.24) is 0 Å². The highest BCUT2D eigenvalue weighted by Crippen LogP contribution is 2.44. The fraction of sp³-hybridized carbons (Fsp3) is 0.684. The van der Waals surface area contributed by atoms with Crippen molar-refractivity contribution in [3.05, 3.63) is 33.6 Å². The third-order valence-electron chi connectivity index (χ3n) is 4.60. The Bertz CT molecular complexity index is 485. The summed E-state index contributed by atoms with van der Waals surface area (Å²) in [6.07, 6.45) is 2.06. The maximum Gasteiger partial charge on any atom is 0.0347 e. The molecule has 0 aromatic rings. The topological polar surface area (TPSA) is 26.0 Å². The zero-order chi connectivity index (χ0) is 15.9. The van der Waals surface area contributed by atoms with Gasteiger partial charge in [0.25, 0.3) is 0 Å². The van der Waals surface area contributed by atoms with Crippen LogP contribution in [0.3, 0.4) is 0 Å². The Balaban J connectivity index is 3.66. The van der Waals surface area contributed by atoms with Crippen LogP contribution in [0, 0.1) is 10.8 Å². The summed E-state index contributed by atoms with van der Waals surface area (Å²) in [6.45, 7) is 20.5. The first-order chi connectivity index (χ1) is 8.91. The molecule has 0 saturated carbocycles. The monoisotopic (exact) mass is 275 g/mol. The lowest BCUT2D eigenvalue weighted by Crippen LogP contribution is -2.19. The van der Waals surface area contributed by atoms with Crippen molar-refractivity contribution >= 4 is 0 Å². The molecule has 20 heavy (non-hydrogen) atoms. The minimum absolute atomic E-state index is 0.116. The molecule has 0 amide bonds. The SMILES string of the molecule is CCC1=C(C)C(N)=C(C(C)(C)C)CC(C(C)(C)C)=C1C. The van der Waals surface area contributed by atoms with Gasteiger partial charge in [0.15, 0.2) is 0 Å². The van der Waals surface area contributed by atoms with Crippen LogP contribution >= 0.6 is 0 Å². The van der Waals surface area contributed by atoms with Crippen molar-refractivity contribution in [2.75, 3.05) is 0 Å². The molecule has 0 bridgehead atoms. The van der Waals surface area contributed by atoms with E-state index in [1.165, 1.54) is 22.3 Å². The van der Waals surface area contributed by atoms with E-state index in [2.05, 4.69) is 62.3 Å². The average molecular weight is 275 g/mol. The van der Waals surface area contributed by atoms with Crippen molar-refractivity contribution in [1.29, 1.82) is 0 Å². The standard InChI is InChI=1S/C19H33N/c1-10-14-12(2)15(18(4,5)6)11-16(19(7,8)9)17(20)13(14)3/h10-11,20H2,1-9H3. The van der Waals surface area contributed by atoms with Gasteiger partial charge in [0, 0.05) is 5.70 Å². The predicted molar refractivity (Wildman–Crippen MR) is 90.4 cm³/mol. The van der Waals surface area contributed by atoms with Gasteiger partial charge in [-0.05, 0) is 59.8 Å². The van der Waals surface area contributed by atoms with E-state index in [-0.39, 0.29) is 10.8 Å². The number of nitrogens with two attached hydrogens (primary N) is 1. The molecule has 0 aromatic carbocycles. The van der Waals surface area contributed by atoms with Gasteiger partial charge in [0.2, 0.25) is 0 Å². The second kappa shape index (κ2) is 5.42. The van der Waals surface area contributed by atoms with E-state index in [9.17, 15) is 0 Å². The molecule has 0 radical (unpaired) electrons. The molecule has 0 heterocycles. The summed E-state index contributed by atoms with van der Waals surface area (Å²) >= 11 is 0. The van der Waals surface area contributed by atoms with Gasteiger partial charge in [-0.2, -0.15) is 0 Å². The molecule has 1 rings (SSSR count). The molecule has 0 saturated heterocycles. The molecule has 0 aromatic heterocycles. The normalized spacial score (nSPS) is 18.9. The molecule has 1 heteroatoms. The highest BCUT2D eigenvalue weighted by atomic mass is 14.6. The van der Waals surface area contributed by atoms with Crippen molar-refractivity contribution in [2.45, 2.75) is 75.2 Å². The molecule has 0 unspecified atom stereocenters. The minimum Gasteiger partial charge on any atom is -0.399 e. The van der Waals surface area contributed by atoms with Gasteiger partial charge < -0.3 is 5.73 Å². The third kappa shape index (κ3) is 3.19. The first kappa shape index (κ1) is 17.1. The highest BCUT2D eigenvalue weighted by Gasteiger charge is 2.30. The Morgan fingerprint density at radius 2 is 1.30 bits per heavy atom. The van der Waals surface area contributed by atoms with Gasteiger partial charge in [0.1, 0.15) is 0 Å². The van der Waals surface area contributed by atoms with E-state index >= 15 is 0 Å². The van der Waals surface area contributed by atoms with E-state index in [1.807, 2.05) is 0 Å². The lowest BCUT2D eigenvalue weighted by atomic mass is 9.74. The molecule has 1 aliphatic rings. The Morgan fingerprint density at radius 3 is 1.65 bits per heavy atom. The molecular formula is C19H33N. The minimum atomic E-state index is 0.116. The third-order valence-corrected chi connectivity index (χ3v) is 4.60. The number of rotatable bonds is 1. The summed E-state index contributed by atoms with van der Waals surface area (Å²) in [4.78, 5) is 0. The van der Waals surface area contributed by atoms with Gasteiger partial charge >= 0.3 is 0 Å². The Hall–Kier alpha value is -0.980. The summed E-state index contributed by atoms with van der Waals surface area (Å²) in [5.74, 6) is 0. The second-order valence-corrected chi connectivity index (χ2v) is 8.13. The van der Waals surface area contributed by atoms with Crippen LogP contribution in [0.1, 0.15) is 75.2 Å². The van der Waals surface area contributed by atoms with E-state index in [0.29, 0.717) is 0 Å². The fourth-order valence-corrected chi connectivity index (χ4v) is 3.28. The smallest absolute Gasteiger partial charge is 0.0347 e. The molecule has 0 aliphatic heterocycles. The predicted octanol–water partition coefficient (Wildman–Crippen LogP) is 5.74. The van der Waals surface area contributed by atoms with E-state index in [0.717, 1.165) is 18.5 Å². The molecule has 0 fully saturated rings. The van der Waals surface area contributed by atoms with Crippen molar-refractivity contribution in [3.8, 4) is 0 Å². The molecule has 1 aliphatic carbocycles. The fourth-order valence-electron chi connectivity index (χ4n) is 3.28. The average Bonchev–Trinajstić information content (AvgIpc) is 2.34. The van der Waals surface area contributed by atoms with Crippen LogP contribution in [0.15, 0.2) is 33.6 Å². The summed E-state index contributed by atoms with van der Waals surface area (Å²) in [6, 6.07) is 0. The molecule has 0 spiro atoms. The molecule has 2 N–H and O–H groups in total. The van der Waals surface area contributed by atoms with Crippen LogP contribution in [0.2, 0.25) is 0 Å². The van der Waals surface area contributed by atoms with Crippen LogP contribution in [-0.2, 0) is 0 Å².